The third-order valence-electron chi connectivity index (χ3n) is 5.01. The van der Waals surface area contributed by atoms with Gasteiger partial charge in [0, 0.05) is 30.0 Å². The first-order valence-electron chi connectivity index (χ1n) is 9.35. The highest BCUT2D eigenvalue weighted by molar-refractivity contribution is 7.09. The molecule has 3 heterocycles. The van der Waals surface area contributed by atoms with Crippen LogP contribution in [0.3, 0.4) is 0 Å². The molecule has 2 saturated heterocycles. The number of piperidine rings is 1. The molecule has 0 N–H and O–H groups in total. The summed E-state index contributed by atoms with van der Waals surface area (Å²) in [5, 5.41) is 3.03. The number of rotatable bonds is 5. The van der Waals surface area contributed by atoms with Gasteiger partial charge in [0.25, 0.3) is 5.91 Å². The lowest BCUT2D eigenvalue weighted by Crippen LogP contribution is -2.41. The van der Waals surface area contributed by atoms with Gasteiger partial charge in [-0.3, -0.25) is 4.79 Å². The van der Waals surface area contributed by atoms with Crippen LogP contribution in [0.25, 0.3) is 0 Å². The number of carbonyl (C=O) groups is 1. The Kier molecular flexibility index (Phi) is 5.71. The lowest BCUT2D eigenvalue weighted by atomic mass is 9.95. The lowest BCUT2D eigenvalue weighted by Gasteiger charge is -2.33. The predicted molar refractivity (Wildman–Crippen MR) is 102 cm³/mol. The van der Waals surface area contributed by atoms with Crippen molar-refractivity contribution in [2.45, 2.75) is 32.7 Å². The average Bonchev–Trinajstić information content (AvgIpc) is 3.38. The third kappa shape index (κ3) is 4.48. The summed E-state index contributed by atoms with van der Waals surface area (Å²) in [6, 6.07) is 7.36. The van der Waals surface area contributed by atoms with Crippen LogP contribution in [0.4, 0.5) is 0 Å². The molecule has 2 fully saturated rings. The molecule has 7 heteroatoms. The number of amides is 1. The number of carbonyl (C=O) groups excluding carboxylic acids is 1. The summed E-state index contributed by atoms with van der Waals surface area (Å²) >= 11 is 1.61. The molecule has 0 bridgehead atoms. The number of likely N-dealkylation sites (tertiary alicyclic amines) is 1. The molecule has 1 aromatic carbocycles. The zero-order valence-corrected chi connectivity index (χ0v) is 16.2. The highest BCUT2D eigenvalue weighted by Gasteiger charge is 2.31. The molecule has 1 aromatic heterocycles. The van der Waals surface area contributed by atoms with Crippen molar-refractivity contribution in [1.82, 2.24) is 9.88 Å². The van der Waals surface area contributed by atoms with Gasteiger partial charge in [0.1, 0.15) is 12.4 Å². The molecule has 0 aliphatic carbocycles. The predicted octanol–water partition coefficient (Wildman–Crippen LogP) is 3.26. The van der Waals surface area contributed by atoms with Gasteiger partial charge in [0.2, 0.25) is 0 Å². The summed E-state index contributed by atoms with van der Waals surface area (Å²) in [6.07, 6.45) is 1.76. The summed E-state index contributed by atoms with van der Waals surface area (Å²) in [7, 11) is 0. The fourth-order valence-electron chi connectivity index (χ4n) is 3.53. The molecule has 0 radical (unpaired) electrons. The maximum Gasteiger partial charge on any atom is 0.253 e. The van der Waals surface area contributed by atoms with Crippen molar-refractivity contribution in [1.29, 1.82) is 0 Å². The molecule has 0 unspecified atom stereocenters. The van der Waals surface area contributed by atoms with E-state index in [1.54, 1.807) is 11.3 Å². The van der Waals surface area contributed by atoms with Crippen molar-refractivity contribution < 1.29 is 19.0 Å². The van der Waals surface area contributed by atoms with Crippen LogP contribution in [0.1, 0.15) is 33.9 Å². The van der Waals surface area contributed by atoms with Crippen molar-refractivity contribution in [3.8, 4) is 5.75 Å². The largest absolute Gasteiger partial charge is 0.487 e. The summed E-state index contributed by atoms with van der Waals surface area (Å²) < 4.78 is 16.9. The van der Waals surface area contributed by atoms with Gasteiger partial charge in [0.15, 0.2) is 6.29 Å². The van der Waals surface area contributed by atoms with Gasteiger partial charge in [0.05, 0.1) is 23.9 Å². The van der Waals surface area contributed by atoms with Gasteiger partial charge in [-0.15, -0.1) is 11.3 Å². The second-order valence-corrected chi connectivity index (χ2v) is 7.97. The van der Waals surface area contributed by atoms with Crippen molar-refractivity contribution in [2.75, 3.05) is 26.3 Å². The van der Waals surface area contributed by atoms with E-state index in [0.717, 1.165) is 42.4 Å². The highest BCUT2D eigenvalue weighted by atomic mass is 32.1. The van der Waals surface area contributed by atoms with E-state index in [1.165, 1.54) is 0 Å². The second kappa shape index (κ2) is 8.37. The number of ether oxygens (including phenoxy) is 3. The SMILES string of the molecule is Cc1nc(COc2ccc(C(=O)N3CCC(C4OCCO4)CC3)cc2)cs1. The molecule has 0 saturated carbocycles. The molecule has 2 aliphatic rings. The fraction of sp³-hybridized carbons (Fsp3) is 0.500. The lowest BCUT2D eigenvalue weighted by molar-refractivity contribution is -0.0956. The Morgan fingerprint density at radius 2 is 1.93 bits per heavy atom. The molecule has 0 atom stereocenters. The van der Waals surface area contributed by atoms with E-state index in [9.17, 15) is 4.79 Å². The van der Waals surface area contributed by atoms with E-state index in [-0.39, 0.29) is 12.2 Å². The van der Waals surface area contributed by atoms with Gasteiger partial charge >= 0.3 is 0 Å². The van der Waals surface area contributed by atoms with Crippen molar-refractivity contribution in [2.24, 2.45) is 5.92 Å². The van der Waals surface area contributed by atoms with Crippen molar-refractivity contribution >= 4 is 17.2 Å². The Morgan fingerprint density at radius 1 is 1.22 bits per heavy atom. The van der Waals surface area contributed by atoms with Gasteiger partial charge in [-0.2, -0.15) is 0 Å². The summed E-state index contributed by atoms with van der Waals surface area (Å²) in [4.78, 5) is 19.0. The first kappa shape index (κ1) is 18.4. The molecule has 6 nitrogen and oxygen atoms in total. The number of aromatic nitrogens is 1. The number of benzene rings is 1. The Bertz CT molecular complexity index is 763. The Hall–Kier alpha value is -1.96. The van der Waals surface area contributed by atoms with E-state index in [4.69, 9.17) is 14.2 Å². The minimum absolute atomic E-state index is 0.0726. The minimum Gasteiger partial charge on any atom is -0.487 e. The van der Waals surface area contributed by atoms with Crippen LogP contribution in [0.5, 0.6) is 5.75 Å². The standard InChI is InChI=1S/C20H24N2O4S/c1-14-21-17(13-27-14)12-26-18-4-2-15(3-5-18)19(23)22-8-6-16(7-9-22)20-24-10-11-25-20/h2-5,13,16,20H,6-12H2,1H3. The maximum absolute atomic E-state index is 12.7. The Labute approximate surface area is 163 Å². The summed E-state index contributed by atoms with van der Waals surface area (Å²) in [5.41, 5.74) is 1.62. The fourth-order valence-corrected chi connectivity index (χ4v) is 4.13. The van der Waals surface area contributed by atoms with Gasteiger partial charge < -0.3 is 19.1 Å². The van der Waals surface area contributed by atoms with E-state index in [1.807, 2.05) is 41.5 Å². The van der Waals surface area contributed by atoms with E-state index >= 15 is 0 Å². The summed E-state index contributed by atoms with van der Waals surface area (Å²) in [5.74, 6) is 1.21. The molecule has 1 amide bonds. The van der Waals surface area contributed by atoms with Crippen LogP contribution in [0.15, 0.2) is 29.6 Å². The second-order valence-electron chi connectivity index (χ2n) is 6.91. The first-order chi connectivity index (χ1) is 13.2. The van der Waals surface area contributed by atoms with Crippen LogP contribution in [-0.4, -0.2) is 48.4 Å². The molecule has 0 spiro atoms. The minimum atomic E-state index is -0.0832. The van der Waals surface area contributed by atoms with E-state index in [2.05, 4.69) is 4.98 Å². The maximum atomic E-state index is 12.7. The molecular formula is C20H24N2O4S. The van der Waals surface area contributed by atoms with Crippen LogP contribution < -0.4 is 4.74 Å². The topological polar surface area (TPSA) is 60.9 Å². The third-order valence-corrected chi connectivity index (χ3v) is 5.84. The first-order valence-corrected chi connectivity index (χ1v) is 10.2. The number of hydrogen-bond acceptors (Lipinski definition) is 6. The van der Waals surface area contributed by atoms with E-state index < -0.39 is 0 Å². The van der Waals surface area contributed by atoms with E-state index in [0.29, 0.717) is 31.3 Å². The normalized spacial score (nSPS) is 18.8. The van der Waals surface area contributed by atoms with Gasteiger partial charge in [-0.25, -0.2) is 4.98 Å². The van der Waals surface area contributed by atoms with Gasteiger partial charge in [-0.05, 0) is 44.0 Å². The number of aryl methyl sites for hydroxylation is 1. The Morgan fingerprint density at radius 3 is 2.56 bits per heavy atom. The smallest absolute Gasteiger partial charge is 0.253 e. The molecule has 2 aliphatic heterocycles. The highest BCUT2D eigenvalue weighted by Crippen LogP contribution is 2.27. The van der Waals surface area contributed by atoms with Crippen molar-refractivity contribution in [3.05, 3.63) is 45.9 Å². The number of nitrogens with zero attached hydrogens (tertiary/aromatic N) is 2. The molecule has 4 rings (SSSR count). The molecule has 2 aromatic rings. The number of thiazole rings is 1. The molecule has 27 heavy (non-hydrogen) atoms. The monoisotopic (exact) mass is 388 g/mol. The zero-order chi connectivity index (χ0) is 18.6. The van der Waals surface area contributed by atoms with Crippen LogP contribution in [0, 0.1) is 12.8 Å². The number of hydrogen-bond donors (Lipinski definition) is 0. The van der Waals surface area contributed by atoms with Crippen LogP contribution in [0.2, 0.25) is 0 Å². The average molecular weight is 388 g/mol. The molecule has 144 valence electrons. The van der Waals surface area contributed by atoms with Crippen molar-refractivity contribution in [3.63, 3.8) is 0 Å². The molecular weight excluding hydrogens is 364 g/mol. The zero-order valence-electron chi connectivity index (χ0n) is 15.4. The van der Waals surface area contributed by atoms with Crippen LogP contribution >= 0.6 is 11.3 Å². The van der Waals surface area contributed by atoms with Gasteiger partial charge in [-0.1, -0.05) is 0 Å². The summed E-state index contributed by atoms with van der Waals surface area (Å²) in [6.45, 7) is 5.27. The Balaban J connectivity index is 1.28. The quantitative estimate of drug-likeness (QED) is 0.787. The van der Waals surface area contributed by atoms with Crippen LogP contribution in [-0.2, 0) is 16.1 Å².